The number of methoxy groups -OCH3 is 2. The lowest BCUT2D eigenvalue weighted by Gasteiger charge is -2.25. The average Bonchev–Trinajstić information content (AvgIpc) is 2.91. The molecule has 0 saturated carbocycles. The minimum Gasteiger partial charge on any atom is -0.493 e. The van der Waals surface area contributed by atoms with E-state index in [0.717, 1.165) is 5.56 Å². The number of carbonyl (C=O) groups excluding carboxylic acids is 1. The van der Waals surface area contributed by atoms with E-state index in [4.69, 9.17) is 25.4 Å². The second-order valence-corrected chi connectivity index (χ2v) is 8.12. The van der Waals surface area contributed by atoms with Gasteiger partial charge in [-0.05, 0) is 42.8 Å². The van der Waals surface area contributed by atoms with Crippen LogP contribution in [0.2, 0.25) is 0 Å². The van der Waals surface area contributed by atoms with Gasteiger partial charge in [-0.25, -0.2) is 4.79 Å². The van der Waals surface area contributed by atoms with E-state index in [2.05, 4.69) is 10.6 Å². The monoisotopic (exact) mass is 506 g/mol. The highest BCUT2D eigenvalue weighted by Crippen LogP contribution is 2.39. The lowest BCUT2D eigenvalue weighted by molar-refractivity contribution is -0.144. The third kappa shape index (κ3) is 6.91. The van der Waals surface area contributed by atoms with Crippen LogP contribution in [0, 0.1) is 5.41 Å². The standard InChI is InChI=1S/C27H30N4O6/c1-16(27(33)34)37-21-14-23(36-3)22(35-2)13-20(21)24(26(32)30-15-17-7-5-4-6-8-17)31-19-11-9-18(10-12-19)25(28)29/h4-14,16,24,31H,15H2,1-3H3,(H3,28,29)(H,30,32)(H,33,34)/t16-,24?/m1/s1. The Morgan fingerprint density at radius 2 is 1.59 bits per heavy atom. The van der Waals surface area contributed by atoms with Gasteiger partial charge in [0, 0.05) is 29.4 Å². The number of nitrogens with one attached hydrogen (secondary N) is 3. The zero-order valence-electron chi connectivity index (χ0n) is 20.8. The van der Waals surface area contributed by atoms with E-state index in [1.807, 2.05) is 30.3 Å². The summed E-state index contributed by atoms with van der Waals surface area (Å²) in [4.78, 5) is 25.1. The van der Waals surface area contributed by atoms with Crippen molar-refractivity contribution in [3.8, 4) is 17.2 Å². The SMILES string of the molecule is COc1cc(O[C@H](C)C(=O)O)c(C(Nc2ccc(C(=N)N)cc2)C(=O)NCc2ccccc2)cc1OC. The zero-order valence-corrected chi connectivity index (χ0v) is 20.8. The molecular formula is C27H30N4O6. The first-order valence-corrected chi connectivity index (χ1v) is 11.4. The van der Waals surface area contributed by atoms with Gasteiger partial charge in [-0.2, -0.15) is 0 Å². The fourth-order valence-electron chi connectivity index (χ4n) is 3.53. The molecule has 0 aliphatic rings. The number of amides is 1. The van der Waals surface area contributed by atoms with Gasteiger partial charge in [-0.3, -0.25) is 10.2 Å². The summed E-state index contributed by atoms with van der Waals surface area (Å²) in [5.74, 6) is -0.851. The van der Waals surface area contributed by atoms with E-state index in [-0.39, 0.29) is 24.0 Å². The molecule has 0 fully saturated rings. The largest absolute Gasteiger partial charge is 0.493 e. The molecule has 0 bridgehead atoms. The summed E-state index contributed by atoms with van der Waals surface area (Å²) in [5.41, 5.74) is 7.90. The predicted octanol–water partition coefficient (Wildman–Crippen LogP) is 3.31. The van der Waals surface area contributed by atoms with Crippen LogP contribution >= 0.6 is 0 Å². The highest BCUT2D eigenvalue weighted by Gasteiger charge is 2.28. The number of nitrogens with two attached hydrogens (primary N) is 1. The number of carbonyl (C=O) groups is 2. The molecule has 0 heterocycles. The molecule has 0 saturated heterocycles. The molecule has 3 rings (SSSR count). The van der Waals surface area contributed by atoms with Gasteiger partial charge >= 0.3 is 5.97 Å². The molecule has 1 amide bonds. The third-order valence-corrected chi connectivity index (χ3v) is 5.56. The molecule has 3 aromatic carbocycles. The maximum Gasteiger partial charge on any atom is 0.344 e. The number of aliphatic carboxylic acids is 1. The second-order valence-electron chi connectivity index (χ2n) is 8.12. The molecule has 0 spiro atoms. The summed E-state index contributed by atoms with van der Waals surface area (Å²) in [5, 5.41) is 23.1. The number of carboxylic acid groups (broad SMARTS) is 1. The number of anilines is 1. The number of carboxylic acids is 1. The molecule has 10 heteroatoms. The summed E-state index contributed by atoms with van der Waals surface area (Å²) >= 11 is 0. The number of amidine groups is 1. The molecule has 1 unspecified atom stereocenters. The topological polar surface area (TPSA) is 156 Å². The van der Waals surface area contributed by atoms with Crippen molar-refractivity contribution >= 4 is 23.4 Å². The Bertz CT molecular complexity index is 1250. The normalized spacial score (nSPS) is 12.1. The van der Waals surface area contributed by atoms with E-state index >= 15 is 0 Å². The van der Waals surface area contributed by atoms with Crippen LogP contribution in [0.15, 0.2) is 66.7 Å². The first-order chi connectivity index (χ1) is 17.7. The minimum absolute atomic E-state index is 0.0815. The van der Waals surface area contributed by atoms with Crippen LogP contribution in [0.4, 0.5) is 5.69 Å². The minimum atomic E-state index is -1.19. The Balaban J connectivity index is 2.05. The maximum absolute atomic E-state index is 13.6. The molecular weight excluding hydrogens is 476 g/mol. The predicted molar refractivity (Wildman–Crippen MR) is 139 cm³/mol. The highest BCUT2D eigenvalue weighted by atomic mass is 16.5. The number of benzene rings is 3. The molecule has 0 radical (unpaired) electrons. The van der Waals surface area contributed by atoms with Gasteiger partial charge in [0.05, 0.1) is 14.2 Å². The van der Waals surface area contributed by atoms with E-state index in [1.54, 1.807) is 30.3 Å². The summed E-state index contributed by atoms with van der Waals surface area (Å²) in [6.45, 7) is 1.66. The van der Waals surface area contributed by atoms with Crippen molar-refractivity contribution < 1.29 is 28.9 Å². The third-order valence-electron chi connectivity index (χ3n) is 5.56. The average molecular weight is 507 g/mol. The van der Waals surface area contributed by atoms with Crippen LogP contribution in [0.3, 0.4) is 0 Å². The Labute approximate surface area is 214 Å². The van der Waals surface area contributed by atoms with Crippen LogP contribution in [0.25, 0.3) is 0 Å². The zero-order chi connectivity index (χ0) is 26.9. The fraction of sp³-hybridized carbons (Fsp3) is 0.222. The van der Waals surface area contributed by atoms with Gasteiger partial charge in [0.25, 0.3) is 0 Å². The first-order valence-electron chi connectivity index (χ1n) is 11.4. The molecule has 10 nitrogen and oxygen atoms in total. The van der Waals surface area contributed by atoms with Crippen LogP contribution in [-0.4, -0.2) is 43.1 Å². The van der Waals surface area contributed by atoms with Crippen LogP contribution < -0.4 is 30.6 Å². The molecule has 0 aromatic heterocycles. The van der Waals surface area contributed by atoms with Crippen LogP contribution in [-0.2, 0) is 16.1 Å². The molecule has 0 aliphatic carbocycles. The molecule has 37 heavy (non-hydrogen) atoms. The van der Waals surface area contributed by atoms with Gasteiger partial charge in [0.2, 0.25) is 5.91 Å². The van der Waals surface area contributed by atoms with Crippen LogP contribution in [0.1, 0.15) is 29.7 Å². The van der Waals surface area contributed by atoms with E-state index < -0.39 is 18.1 Å². The summed E-state index contributed by atoms with van der Waals surface area (Å²) < 4.78 is 16.5. The van der Waals surface area contributed by atoms with Gasteiger partial charge in [0.15, 0.2) is 17.6 Å². The smallest absolute Gasteiger partial charge is 0.344 e. The summed E-state index contributed by atoms with van der Waals surface area (Å²) in [6.07, 6.45) is -1.19. The van der Waals surface area contributed by atoms with Gasteiger partial charge < -0.3 is 35.7 Å². The van der Waals surface area contributed by atoms with E-state index in [1.165, 1.54) is 27.2 Å². The molecule has 2 atom stereocenters. The van der Waals surface area contributed by atoms with E-state index in [9.17, 15) is 14.7 Å². The van der Waals surface area contributed by atoms with Crippen molar-refractivity contribution in [2.24, 2.45) is 5.73 Å². The van der Waals surface area contributed by atoms with Crippen molar-refractivity contribution in [2.45, 2.75) is 25.6 Å². The summed E-state index contributed by atoms with van der Waals surface area (Å²) in [7, 11) is 2.90. The van der Waals surface area contributed by atoms with Crippen molar-refractivity contribution in [1.29, 1.82) is 5.41 Å². The van der Waals surface area contributed by atoms with Gasteiger partial charge in [0.1, 0.15) is 17.6 Å². The molecule has 6 N–H and O–H groups in total. The van der Waals surface area contributed by atoms with Gasteiger partial charge in [-0.1, -0.05) is 30.3 Å². The quantitative estimate of drug-likeness (QED) is 0.185. The Morgan fingerprint density at radius 3 is 2.16 bits per heavy atom. The first kappa shape index (κ1) is 26.9. The molecule has 0 aliphatic heterocycles. The van der Waals surface area contributed by atoms with E-state index in [0.29, 0.717) is 28.3 Å². The summed E-state index contributed by atoms with van der Waals surface area (Å²) in [6, 6.07) is 18.2. The number of hydrogen-bond acceptors (Lipinski definition) is 7. The Morgan fingerprint density at radius 1 is 0.973 bits per heavy atom. The molecule has 3 aromatic rings. The maximum atomic E-state index is 13.6. The van der Waals surface area contributed by atoms with Crippen molar-refractivity contribution in [2.75, 3.05) is 19.5 Å². The number of rotatable bonds is 12. The second kappa shape index (κ2) is 12.3. The molecule has 194 valence electrons. The fourth-order valence-corrected chi connectivity index (χ4v) is 3.53. The van der Waals surface area contributed by atoms with Crippen molar-refractivity contribution in [3.63, 3.8) is 0 Å². The Hall–Kier alpha value is -4.73. The van der Waals surface area contributed by atoms with Gasteiger partial charge in [-0.15, -0.1) is 0 Å². The number of hydrogen-bond donors (Lipinski definition) is 5. The van der Waals surface area contributed by atoms with Crippen LogP contribution in [0.5, 0.6) is 17.2 Å². The number of ether oxygens (including phenoxy) is 3. The van der Waals surface area contributed by atoms with Crippen molar-refractivity contribution in [1.82, 2.24) is 5.32 Å². The lowest BCUT2D eigenvalue weighted by Crippen LogP contribution is -2.34. The number of nitrogen functional groups attached to an aromatic ring is 1. The van der Waals surface area contributed by atoms with Crippen molar-refractivity contribution in [3.05, 3.63) is 83.4 Å². The lowest BCUT2D eigenvalue weighted by atomic mass is 10.0. The highest BCUT2D eigenvalue weighted by molar-refractivity contribution is 5.95. The Kier molecular flexibility index (Phi) is 8.93.